The molecule has 2 aliphatic rings. The van der Waals surface area contributed by atoms with Crippen molar-refractivity contribution in [1.82, 2.24) is 9.88 Å². The number of likely N-dealkylation sites (tertiary alicyclic amines) is 1. The number of aromatic nitrogens is 1. The SMILES string of the molecule is COc1cccc(-c2nc(CN3C[C@@H]4CCC[C@@]4(C(=O)O)C3)cs2)c1. The lowest BCUT2D eigenvalue weighted by molar-refractivity contribution is -0.149. The largest absolute Gasteiger partial charge is 0.497 e. The Labute approximate surface area is 151 Å². The van der Waals surface area contributed by atoms with Crippen LogP contribution in [0.2, 0.25) is 0 Å². The molecule has 1 aromatic carbocycles. The lowest BCUT2D eigenvalue weighted by Gasteiger charge is -2.23. The summed E-state index contributed by atoms with van der Waals surface area (Å²) in [6.45, 7) is 2.25. The molecule has 0 radical (unpaired) electrons. The van der Waals surface area contributed by atoms with E-state index in [-0.39, 0.29) is 0 Å². The molecule has 0 bridgehead atoms. The van der Waals surface area contributed by atoms with Crippen LogP contribution in [0.5, 0.6) is 5.75 Å². The van der Waals surface area contributed by atoms with Gasteiger partial charge in [0.05, 0.1) is 18.2 Å². The van der Waals surface area contributed by atoms with Crippen LogP contribution in [0.15, 0.2) is 29.6 Å². The van der Waals surface area contributed by atoms with Crippen LogP contribution < -0.4 is 4.74 Å². The summed E-state index contributed by atoms with van der Waals surface area (Å²) >= 11 is 1.62. The number of carbonyl (C=O) groups is 1. The first kappa shape index (κ1) is 16.5. The lowest BCUT2D eigenvalue weighted by atomic mass is 9.81. The number of thiazole rings is 1. The summed E-state index contributed by atoms with van der Waals surface area (Å²) in [5.41, 5.74) is 1.55. The molecule has 4 rings (SSSR count). The maximum atomic E-state index is 11.8. The van der Waals surface area contributed by atoms with Crippen molar-refractivity contribution in [2.24, 2.45) is 11.3 Å². The number of hydrogen-bond donors (Lipinski definition) is 1. The maximum absolute atomic E-state index is 11.8. The molecule has 0 amide bonds. The van der Waals surface area contributed by atoms with Crippen LogP contribution in [0.3, 0.4) is 0 Å². The molecular weight excluding hydrogens is 336 g/mol. The Morgan fingerprint density at radius 3 is 3.16 bits per heavy atom. The number of hydrogen-bond acceptors (Lipinski definition) is 5. The number of benzene rings is 1. The predicted molar refractivity (Wildman–Crippen MR) is 96.8 cm³/mol. The van der Waals surface area contributed by atoms with Crippen molar-refractivity contribution in [3.8, 4) is 16.3 Å². The highest BCUT2D eigenvalue weighted by Crippen LogP contribution is 2.49. The van der Waals surface area contributed by atoms with E-state index < -0.39 is 11.4 Å². The van der Waals surface area contributed by atoms with Gasteiger partial charge in [0, 0.05) is 30.6 Å². The van der Waals surface area contributed by atoms with E-state index in [1.54, 1.807) is 18.4 Å². The molecule has 2 heterocycles. The molecule has 2 aromatic rings. The van der Waals surface area contributed by atoms with Crippen LogP contribution in [0.4, 0.5) is 0 Å². The fourth-order valence-electron chi connectivity index (χ4n) is 4.36. The standard InChI is InChI=1S/C19H22N2O3S/c1-24-16-6-2-4-13(8-16)17-20-15(11-25-17)10-21-9-14-5-3-7-19(14,12-21)18(22)23/h2,4,6,8,11,14H,3,5,7,9-10,12H2,1H3,(H,22,23)/t14-,19+/m0/s1. The molecule has 1 aliphatic carbocycles. The molecule has 0 unspecified atom stereocenters. The highest BCUT2D eigenvalue weighted by Gasteiger charge is 2.54. The van der Waals surface area contributed by atoms with Crippen molar-refractivity contribution in [2.75, 3.05) is 20.2 Å². The number of methoxy groups -OCH3 is 1. The first-order chi connectivity index (χ1) is 12.1. The average molecular weight is 358 g/mol. The Bertz CT molecular complexity index is 790. The normalized spacial score (nSPS) is 25.9. The topological polar surface area (TPSA) is 62.7 Å². The highest BCUT2D eigenvalue weighted by molar-refractivity contribution is 7.13. The van der Waals surface area contributed by atoms with Crippen molar-refractivity contribution in [3.05, 3.63) is 35.3 Å². The molecule has 1 aliphatic heterocycles. The van der Waals surface area contributed by atoms with E-state index in [1.165, 1.54) is 0 Å². The zero-order chi connectivity index (χ0) is 17.4. The van der Waals surface area contributed by atoms with Crippen LogP contribution in [0.1, 0.15) is 25.0 Å². The predicted octanol–water partition coefficient (Wildman–Crippen LogP) is 3.51. The van der Waals surface area contributed by atoms with E-state index in [0.717, 1.165) is 54.4 Å². The van der Waals surface area contributed by atoms with Crippen molar-refractivity contribution >= 4 is 17.3 Å². The Balaban J connectivity index is 1.48. The van der Waals surface area contributed by atoms with Gasteiger partial charge in [-0.2, -0.15) is 0 Å². The zero-order valence-electron chi connectivity index (χ0n) is 14.3. The Kier molecular flexibility index (Phi) is 4.25. The molecule has 1 saturated carbocycles. The molecule has 6 heteroatoms. The summed E-state index contributed by atoms with van der Waals surface area (Å²) in [5.74, 6) is 0.499. The summed E-state index contributed by atoms with van der Waals surface area (Å²) in [4.78, 5) is 18.8. The minimum atomic E-state index is -0.618. The van der Waals surface area contributed by atoms with Crippen molar-refractivity contribution in [1.29, 1.82) is 0 Å². The van der Waals surface area contributed by atoms with Gasteiger partial charge in [-0.15, -0.1) is 11.3 Å². The average Bonchev–Trinajstić information content (AvgIpc) is 3.29. The quantitative estimate of drug-likeness (QED) is 0.886. The lowest BCUT2D eigenvalue weighted by Crippen LogP contribution is -2.35. The summed E-state index contributed by atoms with van der Waals surface area (Å²) in [6, 6.07) is 7.91. The van der Waals surface area contributed by atoms with E-state index >= 15 is 0 Å². The van der Waals surface area contributed by atoms with Gasteiger partial charge in [-0.3, -0.25) is 9.69 Å². The Morgan fingerprint density at radius 2 is 2.40 bits per heavy atom. The van der Waals surface area contributed by atoms with Crippen LogP contribution in [0, 0.1) is 11.3 Å². The number of aliphatic carboxylic acids is 1. The smallest absolute Gasteiger partial charge is 0.311 e. The summed E-state index contributed by atoms with van der Waals surface area (Å²) in [5, 5.41) is 12.8. The Hall–Kier alpha value is -1.92. The van der Waals surface area contributed by atoms with Crippen LogP contribution in [0.25, 0.3) is 10.6 Å². The molecule has 132 valence electrons. The third-order valence-electron chi connectivity index (χ3n) is 5.62. The number of fused-ring (bicyclic) bond motifs is 1. The van der Waals surface area contributed by atoms with Gasteiger partial charge in [-0.25, -0.2) is 4.98 Å². The van der Waals surface area contributed by atoms with E-state index in [0.29, 0.717) is 12.5 Å². The van der Waals surface area contributed by atoms with E-state index in [2.05, 4.69) is 10.3 Å². The molecule has 5 nitrogen and oxygen atoms in total. The highest BCUT2D eigenvalue weighted by atomic mass is 32.1. The number of ether oxygens (including phenoxy) is 1. The molecule has 1 saturated heterocycles. The first-order valence-corrected chi connectivity index (χ1v) is 9.53. The molecule has 0 spiro atoms. The molecular formula is C19H22N2O3S. The minimum absolute atomic E-state index is 0.293. The van der Waals surface area contributed by atoms with E-state index in [4.69, 9.17) is 9.72 Å². The van der Waals surface area contributed by atoms with Gasteiger partial charge >= 0.3 is 5.97 Å². The second kappa shape index (κ2) is 6.42. The van der Waals surface area contributed by atoms with Crippen LogP contribution in [-0.4, -0.2) is 41.2 Å². The fraction of sp³-hybridized carbons (Fsp3) is 0.474. The van der Waals surface area contributed by atoms with Gasteiger partial charge in [0.1, 0.15) is 10.8 Å². The van der Waals surface area contributed by atoms with Gasteiger partial charge in [-0.05, 0) is 30.9 Å². The number of carboxylic acids is 1. The molecule has 2 atom stereocenters. The van der Waals surface area contributed by atoms with Gasteiger partial charge in [0.2, 0.25) is 0 Å². The van der Waals surface area contributed by atoms with E-state index in [9.17, 15) is 9.90 Å². The molecule has 1 N–H and O–H groups in total. The van der Waals surface area contributed by atoms with Crippen molar-refractivity contribution in [3.63, 3.8) is 0 Å². The van der Waals surface area contributed by atoms with Crippen LogP contribution >= 0.6 is 11.3 Å². The monoisotopic (exact) mass is 358 g/mol. The number of nitrogens with zero attached hydrogens (tertiary/aromatic N) is 2. The molecule has 25 heavy (non-hydrogen) atoms. The third-order valence-corrected chi connectivity index (χ3v) is 6.56. The van der Waals surface area contributed by atoms with Gasteiger partial charge in [0.15, 0.2) is 0 Å². The van der Waals surface area contributed by atoms with Gasteiger partial charge < -0.3 is 9.84 Å². The van der Waals surface area contributed by atoms with E-state index in [1.807, 2.05) is 24.3 Å². The van der Waals surface area contributed by atoms with Gasteiger partial charge in [0.25, 0.3) is 0 Å². The third kappa shape index (κ3) is 2.93. The summed E-state index contributed by atoms with van der Waals surface area (Å²) < 4.78 is 5.28. The second-order valence-corrected chi connectivity index (χ2v) is 7.95. The molecule has 1 aromatic heterocycles. The maximum Gasteiger partial charge on any atom is 0.311 e. The number of rotatable bonds is 5. The van der Waals surface area contributed by atoms with Crippen LogP contribution in [-0.2, 0) is 11.3 Å². The minimum Gasteiger partial charge on any atom is -0.497 e. The van der Waals surface area contributed by atoms with Crippen molar-refractivity contribution < 1.29 is 14.6 Å². The van der Waals surface area contributed by atoms with Gasteiger partial charge in [-0.1, -0.05) is 18.6 Å². The summed E-state index contributed by atoms with van der Waals surface area (Å²) in [7, 11) is 1.66. The first-order valence-electron chi connectivity index (χ1n) is 8.65. The Morgan fingerprint density at radius 1 is 1.52 bits per heavy atom. The van der Waals surface area contributed by atoms with Crippen molar-refractivity contribution in [2.45, 2.75) is 25.8 Å². The second-order valence-electron chi connectivity index (χ2n) is 7.10. The summed E-state index contributed by atoms with van der Waals surface area (Å²) in [6.07, 6.45) is 2.89. The fourth-order valence-corrected chi connectivity index (χ4v) is 5.17. The molecule has 2 fully saturated rings. The number of carboxylic acid groups (broad SMARTS) is 1. The zero-order valence-corrected chi connectivity index (χ0v) is 15.1.